The Kier molecular flexibility index (Phi) is 5.48. The van der Waals surface area contributed by atoms with Gasteiger partial charge in [-0.3, -0.25) is 4.79 Å². The van der Waals surface area contributed by atoms with E-state index in [-0.39, 0.29) is 12.5 Å². The minimum Gasteiger partial charge on any atom is -0.452 e. The summed E-state index contributed by atoms with van der Waals surface area (Å²) in [6.07, 6.45) is 0. The highest BCUT2D eigenvalue weighted by atomic mass is 16.5. The van der Waals surface area contributed by atoms with Crippen LogP contribution in [0.15, 0.2) is 78.9 Å². The second-order valence-electron chi connectivity index (χ2n) is 7.59. The first kappa shape index (κ1) is 19.6. The average molecular weight is 397 g/mol. The van der Waals surface area contributed by atoms with Crippen molar-refractivity contribution in [3.8, 4) is 0 Å². The van der Waals surface area contributed by atoms with Gasteiger partial charge in [-0.25, -0.2) is 4.79 Å². The van der Waals surface area contributed by atoms with Gasteiger partial charge in [0, 0.05) is 5.69 Å². The maximum atomic E-state index is 12.9. The van der Waals surface area contributed by atoms with Crippen LogP contribution in [0.3, 0.4) is 0 Å². The van der Waals surface area contributed by atoms with Crippen LogP contribution >= 0.6 is 0 Å². The summed E-state index contributed by atoms with van der Waals surface area (Å²) in [6.45, 7) is 3.89. The van der Waals surface area contributed by atoms with Gasteiger partial charge < -0.3 is 10.1 Å². The molecule has 0 aliphatic rings. The zero-order chi connectivity index (χ0) is 21.1. The maximum Gasteiger partial charge on any atom is 0.339 e. The largest absolute Gasteiger partial charge is 0.452 e. The molecule has 0 aliphatic carbocycles. The van der Waals surface area contributed by atoms with Gasteiger partial charge in [0.15, 0.2) is 6.61 Å². The van der Waals surface area contributed by atoms with Crippen LogP contribution in [0.25, 0.3) is 21.5 Å². The summed E-state index contributed by atoms with van der Waals surface area (Å²) in [6, 6.07) is 25.1. The number of esters is 1. The number of nitrogens with one attached hydrogen (secondary N) is 1. The molecule has 0 spiro atoms. The molecule has 4 aromatic rings. The van der Waals surface area contributed by atoms with Crippen molar-refractivity contribution in [3.05, 3.63) is 90.0 Å². The second kappa shape index (κ2) is 8.37. The average Bonchev–Trinajstić information content (AvgIpc) is 2.76. The summed E-state index contributed by atoms with van der Waals surface area (Å²) in [7, 11) is 0. The Hall–Kier alpha value is -3.66. The van der Waals surface area contributed by atoms with Gasteiger partial charge in [-0.05, 0) is 51.2 Å². The van der Waals surface area contributed by atoms with Gasteiger partial charge in [0.25, 0.3) is 5.91 Å². The molecule has 1 amide bonds. The zero-order valence-corrected chi connectivity index (χ0v) is 17.0. The lowest BCUT2D eigenvalue weighted by molar-refractivity contribution is -0.119. The third-order valence-electron chi connectivity index (χ3n) is 5.17. The Morgan fingerprint density at radius 1 is 0.833 bits per heavy atom. The molecule has 4 rings (SSSR count). The van der Waals surface area contributed by atoms with Crippen LogP contribution in [0.4, 0.5) is 5.69 Å². The molecule has 0 radical (unpaired) electrons. The molecule has 4 aromatic carbocycles. The number of anilines is 1. The highest BCUT2D eigenvalue weighted by Gasteiger charge is 2.17. The van der Waals surface area contributed by atoms with E-state index in [1.807, 2.05) is 72.8 Å². The van der Waals surface area contributed by atoms with Crippen LogP contribution in [0.5, 0.6) is 0 Å². The molecule has 0 aromatic heterocycles. The molecule has 0 saturated carbocycles. The Morgan fingerprint density at radius 2 is 1.40 bits per heavy atom. The Balaban J connectivity index is 1.52. The first-order valence-corrected chi connectivity index (χ1v) is 10.0. The highest BCUT2D eigenvalue weighted by Crippen LogP contribution is 2.29. The molecule has 0 unspecified atom stereocenters. The third kappa shape index (κ3) is 4.03. The number of benzene rings is 4. The van der Waals surface area contributed by atoms with E-state index < -0.39 is 5.97 Å². The van der Waals surface area contributed by atoms with Crippen molar-refractivity contribution in [1.82, 2.24) is 0 Å². The Bertz CT molecular complexity index is 1170. The molecule has 0 fully saturated rings. The standard InChI is InChI=1S/C26H23NO3/c1-17(2)18-11-13-21(14-12-18)27-24(28)16-30-26(29)25-22-9-5-3-7-19(22)15-20-8-4-6-10-23(20)25/h3-15,17H,16H2,1-2H3,(H,27,28). The summed E-state index contributed by atoms with van der Waals surface area (Å²) in [5.41, 5.74) is 2.36. The van der Waals surface area contributed by atoms with Crippen LogP contribution in [-0.4, -0.2) is 18.5 Å². The molecule has 4 nitrogen and oxygen atoms in total. The van der Waals surface area contributed by atoms with Gasteiger partial charge in [-0.1, -0.05) is 74.5 Å². The first-order chi connectivity index (χ1) is 14.5. The van der Waals surface area contributed by atoms with Crippen LogP contribution in [0.2, 0.25) is 0 Å². The number of rotatable bonds is 5. The SMILES string of the molecule is CC(C)c1ccc(NC(=O)COC(=O)c2c3ccccc3cc3ccccc23)cc1. The van der Waals surface area contributed by atoms with E-state index >= 15 is 0 Å². The topological polar surface area (TPSA) is 55.4 Å². The van der Waals surface area contributed by atoms with Gasteiger partial charge in [0.05, 0.1) is 5.56 Å². The van der Waals surface area contributed by atoms with Crippen molar-refractivity contribution in [3.63, 3.8) is 0 Å². The molecule has 0 atom stereocenters. The summed E-state index contributed by atoms with van der Waals surface area (Å²) < 4.78 is 5.39. The molecule has 4 heteroatoms. The molecular weight excluding hydrogens is 374 g/mol. The molecule has 0 saturated heterocycles. The molecular formula is C26H23NO3. The number of ether oxygens (including phenoxy) is 1. The zero-order valence-electron chi connectivity index (χ0n) is 17.0. The number of hydrogen-bond acceptors (Lipinski definition) is 3. The van der Waals surface area contributed by atoms with Crippen LogP contribution in [0, 0.1) is 0 Å². The fraction of sp³-hybridized carbons (Fsp3) is 0.154. The summed E-state index contributed by atoms with van der Waals surface area (Å²) in [4.78, 5) is 25.3. The lowest BCUT2D eigenvalue weighted by Gasteiger charge is -2.12. The van der Waals surface area contributed by atoms with Crippen LogP contribution in [0.1, 0.15) is 35.7 Å². The summed E-state index contributed by atoms with van der Waals surface area (Å²) in [5, 5.41) is 6.31. The van der Waals surface area contributed by atoms with E-state index in [0.29, 0.717) is 17.2 Å². The second-order valence-corrected chi connectivity index (χ2v) is 7.59. The van der Waals surface area contributed by atoms with E-state index in [1.54, 1.807) is 0 Å². The van der Waals surface area contributed by atoms with E-state index in [2.05, 4.69) is 25.2 Å². The van der Waals surface area contributed by atoms with Crippen molar-refractivity contribution in [2.24, 2.45) is 0 Å². The van der Waals surface area contributed by atoms with Crippen LogP contribution < -0.4 is 5.32 Å². The number of hydrogen-bond donors (Lipinski definition) is 1. The highest BCUT2D eigenvalue weighted by molar-refractivity contribution is 6.16. The van der Waals surface area contributed by atoms with E-state index in [9.17, 15) is 9.59 Å². The smallest absolute Gasteiger partial charge is 0.339 e. The van der Waals surface area contributed by atoms with Gasteiger partial charge in [-0.15, -0.1) is 0 Å². The lowest BCUT2D eigenvalue weighted by Crippen LogP contribution is -2.21. The number of amides is 1. The van der Waals surface area contributed by atoms with Crippen LogP contribution in [-0.2, 0) is 9.53 Å². The van der Waals surface area contributed by atoms with Gasteiger partial charge >= 0.3 is 5.97 Å². The minimum absolute atomic E-state index is 0.345. The number of carbonyl (C=O) groups excluding carboxylic acids is 2. The van der Waals surface area contributed by atoms with Crippen molar-refractivity contribution >= 4 is 39.1 Å². The fourth-order valence-electron chi connectivity index (χ4n) is 3.59. The predicted octanol–water partition coefficient (Wildman–Crippen LogP) is 5.91. The third-order valence-corrected chi connectivity index (χ3v) is 5.17. The van der Waals surface area contributed by atoms with Crippen molar-refractivity contribution in [2.45, 2.75) is 19.8 Å². The van der Waals surface area contributed by atoms with Crippen molar-refractivity contribution in [1.29, 1.82) is 0 Å². The van der Waals surface area contributed by atoms with Gasteiger partial charge in [-0.2, -0.15) is 0 Å². The normalized spacial score (nSPS) is 11.0. The molecule has 30 heavy (non-hydrogen) atoms. The van der Waals surface area contributed by atoms with Crippen molar-refractivity contribution in [2.75, 3.05) is 11.9 Å². The quantitative estimate of drug-likeness (QED) is 0.336. The summed E-state index contributed by atoms with van der Waals surface area (Å²) >= 11 is 0. The van der Waals surface area contributed by atoms with E-state index in [4.69, 9.17) is 4.74 Å². The summed E-state index contributed by atoms with van der Waals surface area (Å²) in [5.74, 6) is -0.454. The predicted molar refractivity (Wildman–Crippen MR) is 121 cm³/mol. The molecule has 0 aliphatic heterocycles. The first-order valence-electron chi connectivity index (χ1n) is 10.0. The number of fused-ring (bicyclic) bond motifs is 2. The molecule has 0 bridgehead atoms. The molecule has 1 N–H and O–H groups in total. The maximum absolute atomic E-state index is 12.9. The minimum atomic E-state index is -0.506. The van der Waals surface area contributed by atoms with E-state index in [1.165, 1.54) is 5.56 Å². The van der Waals surface area contributed by atoms with Crippen molar-refractivity contribution < 1.29 is 14.3 Å². The van der Waals surface area contributed by atoms with Gasteiger partial charge in [0.1, 0.15) is 0 Å². The Morgan fingerprint density at radius 3 is 1.97 bits per heavy atom. The number of carbonyl (C=O) groups is 2. The molecule has 0 heterocycles. The van der Waals surface area contributed by atoms with E-state index in [0.717, 1.165) is 21.5 Å². The molecule has 150 valence electrons. The Labute approximate surface area is 175 Å². The lowest BCUT2D eigenvalue weighted by atomic mass is 9.97. The van der Waals surface area contributed by atoms with Gasteiger partial charge in [0.2, 0.25) is 0 Å². The fourth-order valence-corrected chi connectivity index (χ4v) is 3.59. The monoisotopic (exact) mass is 397 g/mol.